The van der Waals surface area contributed by atoms with Crippen LogP contribution in [0.3, 0.4) is 0 Å². The molecular formula is C15H19N3O3. The van der Waals surface area contributed by atoms with Crippen LogP contribution in [0.4, 0.5) is 5.69 Å². The van der Waals surface area contributed by atoms with Gasteiger partial charge in [0.15, 0.2) is 5.69 Å². The number of aromatic nitrogens is 1. The van der Waals surface area contributed by atoms with Crippen LogP contribution in [-0.2, 0) is 0 Å². The van der Waals surface area contributed by atoms with E-state index in [-0.39, 0.29) is 18.1 Å². The Morgan fingerprint density at radius 2 is 2.05 bits per heavy atom. The highest BCUT2D eigenvalue weighted by molar-refractivity contribution is 5.92. The van der Waals surface area contributed by atoms with Crippen LogP contribution in [0.15, 0.2) is 34.9 Å². The highest BCUT2D eigenvalue weighted by atomic mass is 16.5. The lowest BCUT2D eigenvalue weighted by Gasteiger charge is -2.15. The van der Waals surface area contributed by atoms with Crippen molar-refractivity contribution in [2.75, 3.05) is 25.5 Å². The van der Waals surface area contributed by atoms with Crippen LogP contribution in [0.2, 0.25) is 0 Å². The van der Waals surface area contributed by atoms with Gasteiger partial charge in [-0.1, -0.05) is 17.3 Å². The van der Waals surface area contributed by atoms with Gasteiger partial charge >= 0.3 is 0 Å². The largest absolute Gasteiger partial charge is 0.387 e. The van der Waals surface area contributed by atoms with E-state index in [0.717, 1.165) is 11.3 Å². The molecule has 0 aliphatic rings. The monoisotopic (exact) mass is 289 g/mol. The first kappa shape index (κ1) is 15.1. The van der Waals surface area contributed by atoms with E-state index in [4.69, 9.17) is 4.52 Å². The molecule has 1 unspecified atom stereocenters. The van der Waals surface area contributed by atoms with E-state index < -0.39 is 6.10 Å². The van der Waals surface area contributed by atoms with Gasteiger partial charge in [0.2, 0.25) is 0 Å². The average molecular weight is 289 g/mol. The molecule has 6 heteroatoms. The minimum absolute atomic E-state index is 0.117. The number of hydrogen-bond acceptors (Lipinski definition) is 5. The predicted octanol–water partition coefficient (Wildman–Crippen LogP) is 1.51. The van der Waals surface area contributed by atoms with Crippen molar-refractivity contribution in [2.24, 2.45) is 0 Å². The number of anilines is 1. The fraction of sp³-hybridized carbons (Fsp3) is 0.333. The molecule has 0 fully saturated rings. The summed E-state index contributed by atoms with van der Waals surface area (Å²) in [4.78, 5) is 13.8. The van der Waals surface area contributed by atoms with E-state index >= 15 is 0 Å². The van der Waals surface area contributed by atoms with Gasteiger partial charge in [0.25, 0.3) is 5.91 Å². The molecular weight excluding hydrogens is 270 g/mol. The van der Waals surface area contributed by atoms with Crippen molar-refractivity contribution in [2.45, 2.75) is 13.0 Å². The molecule has 1 atom stereocenters. The fourth-order valence-electron chi connectivity index (χ4n) is 1.87. The Hall–Kier alpha value is -2.34. The van der Waals surface area contributed by atoms with Crippen molar-refractivity contribution in [1.82, 2.24) is 10.5 Å². The summed E-state index contributed by atoms with van der Waals surface area (Å²) in [6, 6.07) is 9.06. The third-order valence-electron chi connectivity index (χ3n) is 3.11. The van der Waals surface area contributed by atoms with Crippen LogP contribution >= 0.6 is 0 Å². The molecule has 2 aromatic rings. The standard InChI is InChI=1S/C15H19N3O3/c1-10-8-13(17-21-10)15(20)16-9-14(19)11-4-6-12(7-5-11)18(2)3/h4-8,14,19H,9H2,1-3H3,(H,16,20). The SMILES string of the molecule is Cc1cc(C(=O)NCC(O)c2ccc(N(C)C)cc2)no1. The molecule has 1 amide bonds. The van der Waals surface area contributed by atoms with Crippen molar-refractivity contribution in [3.8, 4) is 0 Å². The summed E-state index contributed by atoms with van der Waals surface area (Å²) in [6.45, 7) is 1.83. The zero-order valence-corrected chi connectivity index (χ0v) is 12.3. The van der Waals surface area contributed by atoms with Crippen molar-refractivity contribution in [3.63, 3.8) is 0 Å². The Bertz CT molecular complexity index is 605. The third kappa shape index (κ3) is 3.82. The van der Waals surface area contributed by atoms with Crippen LogP contribution in [0.5, 0.6) is 0 Å². The van der Waals surface area contributed by atoms with Crippen LogP contribution in [-0.4, -0.2) is 36.8 Å². The topological polar surface area (TPSA) is 78.6 Å². The zero-order valence-electron chi connectivity index (χ0n) is 12.3. The molecule has 1 aromatic heterocycles. The maximum atomic E-state index is 11.8. The van der Waals surface area contributed by atoms with Crippen molar-refractivity contribution < 1.29 is 14.4 Å². The first-order valence-electron chi connectivity index (χ1n) is 6.64. The van der Waals surface area contributed by atoms with Crippen molar-refractivity contribution >= 4 is 11.6 Å². The number of amides is 1. The Labute approximate surface area is 123 Å². The van der Waals surface area contributed by atoms with Crippen molar-refractivity contribution in [1.29, 1.82) is 0 Å². The minimum Gasteiger partial charge on any atom is -0.387 e. The second-order valence-corrected chi connectivity index (χ2v) is 5.03. The average Bonchev–Trinajstić information content (AvgIpc) is 2.91. The first-order chi connectivity index (χ1) is 9.97. The van der Waals surface area contributed by atoms with Gasteiger partial charge in [0.05, 0.1) is 6.10 Å². The highest BCUT2D eigenvalue weighted by Crippen LogP contribution is 2.17. The van der Waals surface area contributed by atoms with Gasteiger partial charge < -0.3 is 19.8 Å². The van der Waals surface area contributed by atoms with E-state index in [9.17, 15) is 9.90 Å². The summed E-state index contributed by atoms with van der Waals surface area (Å²) in [5.74, 6) is 0.204. The first-order valence-corrected chi connectivity index (χ1v) is 6.64. The molecule has 2 N–H and O–H groups in total. The fourth-order valence-corrected chi connectivity index (χ4v) is 1.87. The molecule has 0 aliphatic heterocycles. The number of hydrogen-bond donors (Lipinski definition) is 2. The third-order valence-corrected chi connectivity index (χ3v) is 3.11. The van der Waals surface area contributed by atoms with Crippen LogP contribution < -0.4 is 10.2 Å². The molecule has 0 saturated carbocycles. The lowest BCUT2D eigenvalue weighted by molar-refractivity contribution is 0.0907. The summed E-state index contributed by atoms with van der Waals surface area (Å²) in [5, 5.41) is 16.3. The number of rotatable bonds is 5. The predicted molar refractivity (Wildman–Crippen MR) is 79.3 cm³/mol. The van der Waals surface area contributed by atoms with Crippen LogP contribution in [0.25, 0.3) is 0 Å². The Morgan fingerprint density at radius 1 is 1.38 bits per heavy atom. The van der Waals surface area contributed by atoms with Crippen molar-refractivity contribution in [3.05, 3.63) is 47.3 Å². The number of aryl methyl sites for hydroxylation is 1. The van der Waals surface area contributed by atoms with Gasteiger partial charge in [-0.25, -0.2) is 0 Å². The van der Waals surface area contributed by atoms with Gasteiger partial charge in [-0.15, -0.1) is 0 Å². The normalized spacial score (nSPS) is 12.0. The van der Waals surface area contributed by atoms with Gasteiger partial charge in [-0.2, -0.15) is 0 Å². The number of nitrogens with zero attached hydrogens (tertiary/aromatic N) is 2. The van der Waals surface area contributed by atoms with E-state index in [1.165, 1.54) is 0 Å². The van der Waals surface area contributed by atoms with E-state index in [2.05, 4.69) is 10.5 Å². The molecule has 2 rings (SSSR count). The minimum atomic E-state index is -0.766. The van der Waals surface area contributed by atoms with E-state index in [1.54, 1.807) is 13.0 Å². The molecule has 1 aromatic carbocycles. The maximum Gasteiger partial charge on any atom is 0.273 e. The van der Waals surface area contributed by atoms with Gasteiger partial charge in [-0.05, 0) is 24.6 Å². The zero-order chi connectivity index (χ0) is 15.4. The van der Waals surface area contributed by atoms with Gasteiger partial charge in [-0.3, -0.25) is 4.79 Å². The second-order valence-electron chi connectivity index (χ2n) is 5.03. The van der Waals surface area contributed by atoms with E-state index in [0.29, 0.717) is 5.76 Å². The summed E-state index contributed by atoms with van der Waals surface area (Å²) in [6.07, 6.45) is -0.766. The van der Waals surface area contributed by atoms with Gasteiger partial charge in [0.1, 0.15) is 5.76 Å². The molecule has 112 valence electrons. The maximum absolute atomic E-state index is 11.8. The number of carbonyl (C=O) groups is 1. The molecule has 6 nitrogen and oxygen atoms in total. The number of aliphatic hydroxyl groups excluding tert-OH is 1. The smallest absolute Gasteiger partial charge is 0.273 e. The van der Waals surface area contributed by atoms with Crippen LogP contribution in [0.1, 0.15) is 27.9 Å². The highest BCUT2D eigenvalue weighted by Gasteiger charge is 2.13. The number of benzene rings is 1. The number of carbonyl (C=O) groups excluding carboxylic acids is 1. The Kier molecular flexibility index (Phi) is 4.59. The Morgan fingerprint density at radius 3 is 2.57 bits per heavy atom. The van der Waals surface area contributed by atoms with E-state index in [1.807, 2.05) is 43.3 Å². The molecule has 0 radical (unpaired) electrons. The summed E-state index contributed by atoms with van der Waals surface area (Å²) in [5.41, 5.74) is 2.01. The number of nitrogens with one attached hydrogen (secondary N) is 1. The second kappa shape index (κ2) is 6.41. The molecule has 0 spiro atoms. The summed E-state index contributed by atoms with van der Waals surface area (Å²) in [7, 11) is 3.90. The van der Waals surface area contributed by atoms with Gasteiger partial charge in [0, 0.05) is 32.4 Å². The Balaban J connectivity index is 1.92. The van der Waals surface area contributed by atoms with Crippen LogP contribution in [0, 0.1) is 6.92 Å². The summed E-state index contributed by atoms with van der Waals surface area (Å²) < 4.78 is 4.83. The molecule has 0 aliphatic carbocycles. The quantitative estimate of drug-likeness (QED) is 0.872. The number of aliphatic hydroxyl groups is 1. The summed E-state index contributed by atoms with van der Waals surface area (Å²) >= 11 is 0. The lowest BCUT2D eigenvalue weighted by Crippen LogP contribution is -2.28. The molecule has 0 bridgehead atoms. The molecule has 0 saturated heterocycles. The molecule has 21 heavy (non-hydrogen) atoms. The lowest BCUT2D eigenvalue weighted by atomic mass is 10.1. The molecule has 1 heterocycles.